The number of halogens is 1. The number of carbonyl (C=O) groups is 1. The fourth-order valence-electron chi connectivity index (χ4n) is 4.21. The van der Waals surface area contributed by atoms with Crippen LogP contribution in [-0.4, -0.2) is 55.7 Å². The molecule has 0 aliphatic heterocycles. The maximum Gasteiger partial charge on any atom is 0.263 e. The van der Waals surface area contributed by atoms with Crippen LogP contribution in [0.4, 0.5) is 11.8 Å². The van der Waals surface area contributed by atoms with E-state index in [1.807, 2.05) is 43.3 Å². The van der Waals surface area contributed by atoms with Gasteiger partial charge in [-0.25, -0.2) is 13.4 Å². The molecular weight excluding hydrogens is 506 g/mol. The number of benzene rings is 1. The highest BCUT2D eigenvalue weighted by atomic mass is 35.5. The van der Waals surface area contributed by atoms with Gasteiger partial charge in [0.15, 0.2) is 9.84 Å². The third-order valence-corrected chi connectivity index (χ3v) is 10.2. The van der Waals surface area contributed by atoms with E-state index in [1.165, 1.54) is 5.38 Å². The minimum absolute atomic E-state index is 0.00118. The first-order chi connectivity index (χ1) is 16.6. The topological polar surface area (TPSA) is 104 Å². The van der Waals surface area contributed by atoms with Crippen molar-refractivity contribution < 1.29 is 13.2 Å². The van der Waals surface area contributed by atoms with Gasteiger partial charge in [-0.1, -0.05) is 23.7 Å². The molecule has 1 saturated carbocycles. The van der Waals surface area contributed by atoms with Crippen LogP contribution in [0.25, 0.3) is 10.9 Å². The number of nitrogens with zero attached hydrogens (tertiary/aromatic N) is 3. The molecule has 0 spiro atoms. The molecule has 4 rings (SSSR count). The first-order valence-electron chi connectivity index (χ1n) is 11.6. The van der Waals surface area contributed by atoms with E-state index in [0.29, 0.717) is 5.95 Å². The molecule has 0 radical (unpaired) electrons. The molecule has 2 aromatic heterocycles. The second-order valence-corrected chi connectivity index (χ2v) is 13.0. The summed E-state index contributed by atoms with van der Waals surface area (Å²) in [6.07, 6.45) is 3.28. The lowest BCUT2D eigenvalue weighted by Crippen LogP contribution is -2.40. The predicted octanol–water partition coefficient (Wildman–Crippen LogP) is 4.75. The largest absolute Gasteiger partial charge is 0.362 e. The van der Waals surface area contributed by atoms with Crippen LogP contribution in [0, 0.1) is 0 Å². The van der Waals surface area contributed by atoms with Crippen LogP contribution in [-0.2, 0) is 9.84 Å². The van der Waals surface area contributed by atoms with Gasteiger partial charge in [0.25, 0.3) is 5.91 Å². The highest BCUT2D eigenvalue weighted by Crippen LogP contribution is 2.34. The molecule has 188 valence electrons. The Morgan fingerprint density at radius 1 is 1.11 bits per heavy atom. The second kappa shape index (κ2) is 10.3. The van der Waals surface area contributed by atoms with E-state index in [2.05, 4.69) is 15.6 Å². The van der Waals surface area contributed by atoms with Crippen LogP contribution in [0.3, 0.4) is 0 Å². The van der Waals surface area contributed by atoms with Gasteiger partial charge in [-0.05, 0) is 51.7 Å². The molecule has 1 aliphatic rings. The van der Waals surface area contributed by atoms with E-state index in [-0.39, 0.29) is 32.8 Å². The van der Waals surface area contributed by atoms with E-state index in [9.17, 15) is 13.2 Å². The van der Waals surface area contributed by atoms with E-state index in [4.69, 9.17) is 16.6 Å². The van der Waals surface area contributed by atoms with Crippen molar-refractivity contribution in [3.63, 3.8) is 0 Å². The number of hydrogen-bond acceptors (Lipinski definition) is 8. The normalized spacial score (nSPS) is 18.6. The Hall–Kier alpha value is -2.43. The summed E-state index contributed by atoms with van der Waals surface area (Å²) in [6.45, 7) is 3.19. The number of thiophene rings is 1. The van der Waals surface area contributed by atoms with Gasteiger partial charge in [0, 0.05) is 36.9 Å². The second-order valence-electron chi connectivity index (χ2n) is 9.29. The molecule has 3 aromatic rings. The van der Waals surface area contributed by atoms with Crippen LogP contribution in [0.1, 0.15) is 49.2 Å². The Morgan fingerprint density at radius 3 is 2.43 bits per heavy atom. The van der Waals surface area contributed by atoms with E-state index >= 15 is 0 Å². The minimum Gasteiger partial charge on any atom is -0.362 e. The average molecular weight is 536 g/mol. The molecular formula is C24H30ClN5O3S2. The zero-order valence-electron chi connectivity index (χ0n) is 20.2. The number of sulfone groups is 1. The molecule has 0 atom stereocenters. The van der Waals surface area contributed by atoms with Gasteiger partial charge >= 0.3 is 0 Å². The number of carbonyl (C=O) groups excluding carboxylic acids is 1. The summed E-state index contributed by atoms with van der Waals surface area (Å²) in [5.74, 6) is 1.14. The highest BCUT2D eigenvalue weighted by molar-refractivity contribution is 7.92. The number of aromatic nitrogens is 2. The van der Waals surface area contributed by atoms with E-state index in [1.54, 1.807) is 13.8 Å². The predicted molar refractivity (Wildman–Crippen MR) is 143 cm³/mol. The zero-order chi connectivity index (χ0) is 25.3. The summed E-state index contributed by atoms with van der Waals surface area (Å²) < 4.78 is 24.9. The van der Waals surface area contributed by atoms with Gasteiger partial charge < -0.3 is 15.5 Å². The quantitative estimate of drug-likeness (QED) is 0.450. The van der Waals surface area contributed by atoms with E-state index in [0.717, 1.165) is 53.7 Å². The molecule has 1 fully saturated rings. The molecule has 2 heterocycles. The van der Waals surface area contributed by atoms with Crippen molar-refractivity contribution in [2.45, 2.75) is 61.8 Å². The first-order valence-corrected chi connectivity index (χ1v) is 14.4. The summed E-state index contributed by atoms with van der Waals surface area (Å²) in [7, 11) is 0.394. The van der Waals surface area contributed by atoms with Crippen molar-refractivity contribution in [2.24, 2.45) is 0 Å². The maximum atomic E-state index is 12.8. The fraction of sp³-hybridized carbons (Fsp3) is 0.458. The Morgan fingerprint density at radius 2 is 1.77 bits per heavy atom. The third kappa shape index (κ3) is 5.39. The number of fused-ring (bicyclic) bond motifs is 1. The summed E-state index contributed by atoms with van der Waals surface area (Å²) in [4.78, 5) is 24.5. The number of anilines is 2. The van der Waals surface area contributed by atoms with Gasteiger partial charge in [0.1, 0.15) is 10.7 Å². The summed E-state index contributed by atoms with van der Waals surface area (Å²) in [5, 5.41) is 8.37. The van der Waals surface area contributed by atoms with Crippen molar-refractivity contribution in [1.82, 2.24) is 15.3 Å². The van der Waals surface area contributed by atoms with Crippen LogP contribution in [0.2, 0.25) is 5.02 Å². The van der Waals surface area contributed by atoms with Crippen molar-refractivity contribution in [2.75, 3.05) is 24.3 Å². The maximum absolute atomic E-state index is 12.8. The fourth-order valence-corrected chi connectivity index (χ4v) is 7.20. The lowest BCUT2D eigenvalue weighted by molar-refractivity contribution is 0.0930. The van der Waals surface area contributed by atoms with Gasteiger partial charge in [0.2, 0.25) is 5.95 Å². The average Bonchev–Trinajstić information content (AvgIpc) is 3.21. The van der Waals surface area contributed by atoms with Crippen molar-refractivity contribution in [3.8, 4) is 0 Å². The van der Waals surface area contributed by atoms with Gasteiger partial charge in [0.05, 0.1) is 20.7 Å². The summed E-state index contributed by atoms with van der Waals surface area (Å²) in [5.41, 5.74) is 0.890. The van der Waals surface area contributed by atoms with Gasteiger partial charge in [-0.3, -0.25) is 4.79 Å². The third-order valence-electron chi connectivity index (χ3n) is 6.24. The van der Waals surface area contributed by atoms with Crippen LogP contribution in [0.5, 0.6) is 0 Å². The summed E-state index contributed by atoms with van der Waals surface area (Å²) in [6, 6.07) is 8.15. The number of rotatable bonds is 7. The van der Waals surface area contributed by atoms with Crippen molar-refractivity contribution in [1.29, 1.82) is 0 Å². The number of nitrogens with one attached hydrogen (secondary N) is 2. The lowest BCUT2D eigenvalue weighted by atomic mass is 9.91. The van der Waals surface area contributed by atoms with Gasteiger partial charge in [-0.2, -0.15) is 4.98 Å². The molecule has 35 heavy (non-hydrogen) atoms. The molecule has 2 N–H and O–H groups in total. The standard InChI is InChI=1S/C24H30ClN5O3S2/c1-14(2)35(32,33)19-13-34-21(20(19)25)23(31)26-15-9-11-16(12-10-15)27-24-28-18-8-6-5-7-17(18)22(29-24)30(3)4/h5-8,13-16H,9-12H2,1-4H3,(H,26,31)(H,27,28,29). The Balaban J connectivity index is 1.38. The molecule has 11 heteroatoms. The minimum atomic E-state index is -3.54. The number of para-hydroxylation sites is 1. The molecule has 1 amide bonds. The molecule has 1 aromatic carbocycles. The molecule has 0 unspecified atom stereocenters. The zero-order valence-corrected chi connectivity index (χ0v) is 22.6. The molecule has 0 saturated heterocycles. The number of amides is 1. The molecule has 0 bridgehead atoms. The van der Waals surface area contributed by atoms with Crippen LogP contribution >= 0.6 is 22.9 Å². The van der Waals surface area contributed by atoms with E-state index < -0.39 is 15.1 Å². The Kier molecular flexibility index (Phi) is 7.54. The smallest absolute Gasteiger partial charge is 0.263 e. The van der Waals surface area contributed by atoms with Crippen molar-refractivity contribution >= 4 is 61.4 Å². The lowest BCUT2D eigenvalue weighted by Gasteiger charge is -2.30. The summed E-state index contributed by atoms with van der Waals surface area (Å²) >= 11 is 7.37. The van der Waals surface area contributed by atoms with Crippen LogP contribution < -0.4 is 15.5 Å². The SMILES string of the molecule is CC(C)S(=O)(=O)c1csc(C(=O)NC2CCC(Nc3nc(N(C)C)c4ccccc4n3)CC2)c1Cl. The molecule has 8 nitrogen and oxygen atoms in total. The Labute approximate surface area is 215 Å². The van der Waals surface area contributed by atoms with Crippen molar-refractivity contribution in [3.05, 3.63) is 39.5 Å². The molecule has 1 aliphatic carbocycles. The van der Waals surface area contributed by atoms with Crippen LogP contribution in [0.15, 0.2) is 34.5 Å². The first kappa shape index (κ1) is 25.7. The number of hydrogen-bond donors (Lipinski definition) is 2. The van der Waals surface area contributed by atoms with Gasteiger partial charge in [-0.15, -0.1) is 11.3 Å². The monoisotopic (exact) mass is 535 g/mol. The highest BCUT2D eigenvalue weighted by Gasteiger charge is 2.29. The Bertz CT molecular complexity index is 1330.